The predicted molar refractivity (Wildman–Crippen MR) is 113 cm³/mol. The van der Waals surface area contributed by atoms with Crippen molar-refractivity contribution in [3.05, 3.63) is 64.7 Å². The molecular weight excluding hydrogens is 465 g/mol. The van der Waals surface area contributed by atoms with Crippen LogP contribution in [0.5, 0.6) is 5.75 Å². The summed E-state index contributed by atoms with van der Waals surface area (Å²) < 4.78 is 101. The van der Waals surface area contributed by atoms with Gasteiger partial charge >= 0.3 is 12.5 Å². The highest BCUT2D eigenvalue weighted by Crippen LogP contribution is 2.38. The summed E-state index contributed by atoms with van der Waals surface area (Å²) in [5, 5.41) is 0. The molecule has 34 heavy (non-hydrogen) atoms. The fourth-order valence-corrected chi connectivity index (χ4v) is 4.49. The summed E-state index contributed by atoms with van der Waals surface area (Å²) in [5.41, 5.74) is 0.526. The van der Waals surface area contributed by atoms with Gasteiger partial charge in [-0.25, -0.2) is 8.78 Å². The van der Waals surface area contributed by atoms with Crippen LogP contribution >= 0.6 is 0 Å². The Morgan fingerprint density at radius 2 is 1.47 bits per heavy atom. The van der Waals surface area contributed by atoms with Crippen molar-refractivity contribution in [1.82, 2.24) is 0 Å². The topological polar surface area (TPSA) is 18.5 Å². The first-order valence-electron chi connectivity index (χ1n) is 11.3. The smallest absolute Gasteiger partial charge is 0.399 e. The Morgan fingerprint density at radius 1 is 0.882 bits per heavy atom. The van der Waals surface area contributed by atoms with E-state index in [4.69, 9.17) is 0 Å². The van der Waals surface area contributed by atoms with Crippen molar-refractivity contribution in [3.63, 3.8) is 0 Å². The van der Waals surface area contributed by atoms with Gasteiger partial charge in [-0.05, 0) is 67.2 Å². The Labute approximate surface area is 194 Å². The molecule has 0 N–H and O–H groups in total. The molecule has 1 saturated carbocycles. The number of benzene rings is 2. The molecule has 0 aromatic heterocycles. The number of hydrogen-bond donors (Lipinski definition) is 0. The van der Waals surface area contributed by atoms with Gasteiger partial charge in [0.25, 0.3) is 0 Å². The van der Waals surface area contributed by atoms with Crippen LogP contribution in [-0.4, -0.2) is 13.0 Å². The number of ether oxygens (including phenoxy) is 2. The van der Waals surface area contributed by atoms with Crippen LogP contribution in [0.1, 0.15) is 68.1 Å². The first-order chi connectivity index (χ1) is 16.0. The minimum Gasteiger partial charge on any atom is -0.399 e. The second-order valence-electron chi connectivity index (χ2n) is 8.68. The molecule has 2 aromatic rings. The van der Waals surface area contributed by atoms with E-state index in [9.17, 15) is 30.7 Å². The molecule has 1 aliphatic rings. The van der Waals surface area contributed by atoms with Crippen molar-refractivity contribution in [3.8, 4) is 5.75 Å². The third-order valence-corrected chi connectivity index (χ3v) is 6.21. The van der Waals surface area contributed by atoms with Gasteiger partial charge in [0, 0.05) is 0 Å². The SMILES string of the molecule is CCCC1CCC(c2ccc(C(F)(F)OCCc3cc(F)c(OC(F)(F)F)c(F)c3)cc2)CC1. The average molecular weight is 492 g/mol. The molecule has 9 heteroatoms. The van der Waals surface area contributed by atoms with Crippen LogP contribution in [0.15, 0.2) is 36.4 Å². The number of rotatable bonds is 9. The molecular formula is C25H27F7O2. The van der Waals surface area contributed by atoms with E-state index in [2.05, 4.69) is 16.4 Å². The zero-order chi connectivity index (χ0) is 24.9. The van der Waals surface area contributed by atoms with E-state index in [1.165, 1.54) is 25.0 Å². The van der Waals surface area contributed by atoms with Crippen molar-refractivity contribution < 1.29 is 40.2 Å². The molecule has 1 fully saturated rings. The van der Waals surface area contributed by atoms with Gasteiger partial charge in [0.15, 0.2) is 11.6 Å². The lowest BCUT2D eigenvalue weighted by Crippen LogP contribution is -2.20. The monoisotopic (exact) mass is 492 g/mol. The zero-order valence-corrected chi connectivity index (χ0v) is 18.7. The van der Waals surface area contributed by atoms with E-state index < -0.39 is 36.5 Å². The largest absolute Gasteiger partial charge is 0.573 e. The third kappa shape index (κ3) is 7.10. The van der Waals surface area contributed by atoms with Gasteiger partial charge in [-0.3, -0.25) is 0 Å². The molecule has 2 aromatic carbocycles. The van der Waals surface area contributed by atoms with Crippen molar-refractivity contribution in [2.75, 3.05) is 6.61 Å². The van der Waals surface area contributed by atoms with Crippen LogP contribution in [-0.2, 0) is 17.3 Å². The molecule has 3 rings (SSSR count). The molecule has 0 atom stereocenters. The fourth-order valence-electron chi connectivity index (χ4n) is 4.49. The van der Waals surface area contributed by atoms with Crippen molar-refractivity contribution in [1.29, 1.82) is 0 Å². The highest BCUT2D eigenvalue weighted by Gasteiger charge is 2.35. The van der Waals surface area contributed by atoms with Crippen LogP contribution < -0.4 is 4.74 Å². The highest BCUT2D eigenvalue weighted by molar-refractivity contribution is 5.32. The first-order valence-corrected chi connectivity index (χ1v) is 11.3. The Kier molecular flexibility index (Phi) is 8.49. The van der Waals surface area contributed by atoms with Gasteiger partial charge in [-0.15, -0.1) is 13.2 Å². The van der Waals surface area contributed by atoms with E-state index in [0.29, 0.717) is 18.1 Å². The normalized spacial score (nSPS) is 19.3. The molecule has 0 aliphatic heterocycles. The number of alkyl halides is 5. The molecule has 0 spiro atoms. The summed E-state index contributed by atoms with van der Waals surface area (Å²) in [7, 11) is 0. The van der Waals surface area contributed by atoms with Crippen LogP contribution in [0.25, 0.3) is 0 Å². The predicted octanol–water partition coefficient (Wildman–Crippen LogP) is 8.25. The summed E-state index contributed by atoms with van der Waals surface area (Å²) in [6.07, 6.45) is -2.48. The average Bonchev–Trinajstić information content (AvgIpc) is 2.76. The van der Waals surface area contributed by atoms with Crippen molar-refractivity contribution in [2.45, 2.75) is 70.3 Å². The van der Waals surface area contributed by atoms with Gasteiger partial charge in [0.05, 0.1) is 12.2 Å². The molecule has 0 saturated heterocycles. The van der Waals surface area contributed by atoms with Gasteiger partial charge in [0.1, 0.15) is 0 Å². The van der Waals surface area contributed by atoms with Gasteiger partial charge in [-0.2, -0.15) is 8.78 Å². The van der Waals surface area contributed by atoms with Crippen molar-refractivity contribution in [2.24, 2.45) is 5.92 Å². The quantitative estimate of drug-likeness (QED) is 0.328. The molecule has 1 aliphatic carbocycles. The Bertz CT molecular complexity index is 910. The second-order valence-corrected chi connectivity index (χ2v) is 8.68. The highest BCUT2D eigenvalue weighted by atomic mass is 19.4. The van der Waals surface area contributed by atoms with Crippen LogP contribution in [0, 0.1) is 17.6 Å². The maximum atomic E-state index is 14.5. The van der Waals surface area contributed by atoms with E-state index in [0.717, 1.165) is 37.2 Å². The third-order valence-electron chi connectivity index (χ3n) is 6.21. The lowest BCUT2D eigenvalue weighted by molar-refractivity contribution is -0.276. The van der Waals surface area contributed by atoms with Crippen molar-refractivity contribution >= 4 is 0 Å². The molecule has 0 amide bonds. The Balaban J connectivity index is 1.55. The molecule has 0 radical (unpaired) electrons. The molecule has 2 nitrogen and oxygen atoms in total. The molecule has 188 valence electrons. The summed E-state index contributed by atoms with van der Waals surface area (Å²) in [6.45, 7) is 1.57. The minimum absolute atomic E-state index is 0.144. The Hall–Kier alpha value is -2.29. The standard InChI is InChI=1S/C25H27F7O2/c1-2-3-16-4-6-18(7-5-16)19-8-10-20(11-9-19)24(28,29)33-13-12-17-14-21(26)23(22(27)15-17)34-25(30,31)32/h8-11,14-16,18H,2-7,12-13H2,1H3. The Morgan fingerprint density at radius 3 is 2.00 bits per heavy atom. The van der Waals surface area contributed by atoms with Crippen LogP contribution in [0.3, 0.4) is 0 Å². The van der Waals surface area contributed by atoms with E-state index in [1.54, 1.807) is 12.1 Å². The van der Waals surface area contributed by atoms with E-state index >= 15 is 0 Å². The zero-order valence-electron chi connectivity index (χ0n) is 18.7. The molecule has 0 heterocycles. The van der Waals surface area contributed by atoms with E-state index in [-0.39, 0.29) is 17.5 Å². The van der Waals surface area contributed by atoms with Gasteiger partial charge in [0.2, 0.25) is 5.75 Å². The van der Waals surface area contributed by atoms with E-state index in [1.807, 2.05) is 0 Å². The van der Waals surface area contributed by atoms with Gasteiger partial charge in [-0.1, -0.05) is 44.0 Å². The lowest BCUT2D eigenvalue weighted by Gasteiger charge is -2.29. The number of hydrogen-bond acceptors (Lipinski definition) is 2. The lowest BCUT2D eigenvalue weighted by atomic mass is 9.77. The number of halogens is 7. The molecule has 0 unspecified atom stereocenters. The minimum atomic E-state index is -5.27. The van der Waals surface area contributed by atoms with Crippen LogP contribution in [0.4, 0.5) is 30.7 Å². The summed E-state index contributed by atoms with van der Waals surface area (Å²) in [4.78, 5) is 0. The summed E-state index contributed by atoms with van der Waals surface area (Å²) >= 11 is 0. The maximum absolute atomic E-state index is 14.5. The molecule has 0 bridgehead atoms. The first kappa shape index (κ1) is 26.3. The maximum Gasteiger partial charge on any atom is 0.573 e. The fraction of sp³-hybridized carbons (Fsp3) is 0.520. The van der Waals surface area contributed by atoms with Gasteiger partial charge < -0.3 is 9.47 Å². The summed E-state index contributed by atoms with van der Waals surface area (Å²) in [6, 6.07) is 7.18. The van der Waals surface area contributed by atoms with Crippen LogP contribution in [0.2, 0.25) is 0 Å². The summed E-state index contributed by atoms with van der Waals surface area (Å²) in [5.74, 6) is -3.67. The second kappa shape index (κ2) is 11.0.